The van der Waals surface area contributed by atoms with Gasteiger partial charge in [-0.05, 0) is 28.3 Å². The third-order valence-electron chi connectivity index (χ3n) is 6.07. The molecule has 2 N–H and O–H groups in total. The van der Waals surface area contributed by atoms with Crippen LogP contribution >= 0.6 is 0 Å². The van der Waals surface area contributed by atoms with Crippen molar-refractivity contribution in [2.75, 3.05) is 7.11 Å². The lowest BCUT2D eigenvalue weighted by molar-refractivity contribution is -0.141. The SMILES string of the molecule is CCCc1nc2[nH]c(=O)n(CC(=O)OC)c(=O)c2n1Cc1ccc(-c2ccccc2-c2nn[nH]n2)cc1. The average Bonchev–Trinajstić information content (AvgIpc) is 3.56. The largest absolute Gasteiger partial charge is 0.468 e. The fourth-order valence-electron chi connectivity index (χ4n) is 4.29. The third kappa shape index (κ3) is 4.56. The predicted molar refractivity (Wildman–Crippen MR) is 135 cm³/mol. The number of aromatic amines is 2. The van der Waals surface area contributed by atoms with Gasteiger partial charge in [0.1, 0.15) is 12.4 Å². The maximum Gasteiger partial charge on any atom is 0.330 e. The molecular formula is C25H24N8O4. The van der Waals surface area contributed by atoms with Gasteiger partial charge in [-0.1, -0.05) is 55.5 Å². The van der Waals surface area contributed by atoms with Crippen molar-refractivity contribution in [3.63, 3.8) is 0 Å². The number of H-pyrrole nitrogens is 2. The maximum atomic E-state index is 13.3. The van der Waals surface area contributed by atoms with Crippen molar-refractivity contribution in [1.29, 1.82) is 0 Å². The summed E-state index contributed by atoms with van der Waals surface area (Å²) in [5.74, 6) is 0.488. The standard InChI is InChI=1S/C25H24N8O4/c1-3-6-19-26-23-21(24(35)33(25(36)27-23)14-20(34)37-2)32(19)13-15-9-11-16(12-10-15)17-7-4-5-8-18(17)22-28-30-31-29-22/h4-5,7-12H,3,6,13-14H2,1-2H3,(H,27,36)(H,28,29,30,31). The molecule has 0 unspecified atom stereocenters. The van der Waals surface area contributed by atoms with Crippen LogP contribution in [-0.2, 0) is 29.0 Å². The number of hydrogen-bond acceptors (Lipinski definition) is 8. The number of rotatable bonds is 8. The predicted octanol–water partition coefficient (Wildman–Crippen LogP) is 1.91. The molecule has 188 valence electrons. The Bertz CT molecular complexity index is 1680. The van der Waals surface area contributed by atoms with Crippen molar-refractivity contribution < 1.29 is 9.53 Å². The Morgan fingerprint density at radius 1 is 1.03 bits per heavy atom. The minimum Gasteiger partial charge on any atom is -0.468 e. The highest BCUT2D eigenvalue weighted by Crippen LogP contribution is 2.30. The van der Waals surface area contributed by atoms with Crippen LogP contribution in [0.3, 0.4) is 0 Å². The molecule has 12 heteroatoms. The van der Waals surface area contributed by atoms with Crippen molar-refractivity contribution >= 4 is 17.1 Å². The number of aromatic nitrogens is 8. The summed E-state index contributed by atoms with van der Waals surface area (Å²) in [7, 11) is 1.20. The van der Waals surface area contributed by atoms with Crippen LogP contribution in [0.4, 0.5) is 0 Å². The minimum absolute atomic E-state index is 0.199. The summed E-state index contributed by atoms with van der Waals surface area (Å²) in [6.07, 6.45) is 1.42. The van der Waals surface area contributed by atoms with Gasteiger partial charge in [0.2, 0.25) is 5.82 Å². The Morgan fingerprint density at radius 2 is 1.78 bits per heavy atom. The van der Waals surface area contributed by atoms with E-state index in [1.54, 1.807) is 4.57 Å². The van der Waals surface area contributed by atoms with Crippen LogP contribution in [0.25, 0.3) is 33.7 Å². The van der Waals surface area contributed by atoms with E-state index in [1.807, 2.05) is 55.5 Å². The fraction of sp³-hybridized carbons (Fsp3) is 0.240. The second kappa shape index (κ2) is 10.0. The number of nitrogens with zero attached hydrogens (tertiary/aromatic N) is 6. The third-order valence-corrected chi connectivity index (χ3v) is 6.07. The smallest absolute Gasteiger partial charge is 0.330 e. The first kappa shape index (κ1) is 23.9. The first-order valence-corrected chi connectivity index (χ1v) is 11.7. The molecule has 3 aromatic heterocycles. The molecule has 0 aliphatic heterocycles. The van der Waals surface area contributed by atoms with E-state index < -0.39 is 23.8 Å². The Morgan fingerprint density at radius 3 is 2.46 bits per heavy atom. The number of ether oxygens (including phenoxy) is 1. The van der Waals surface area contributed by atoms with Crippen LogP contribution in [0.5, 0.6) is 0 Å². The summed E-state index contributed by atoms with van der Waals surface area (Å²) in [5.41, 5.74) is 2.85. The lowest BCUT2D eigenvalue weighted by Gasteiger charge is -2.11. The molecule has 0 aliphatic carbocycles. The monoisotopic (exact) mass is 500 g/mol. The van der Waals surface area contributed by atoms with Crippen molar-refractivity contribution in [3.8, 4) is 22.5 Å². The van der Waals surface area contributed by atoms with Crippen LogP contribution in [-0.4, -0.2) is 52.8 Å². The van der Waals surface area contributed by atoms with Gasteiger partial charge in [-0.2, -0.15) is 5.21 Å². The van der Waals surface area contributed by atoms with Crippen LogP contribution in [0.15, 0.2) is 58.1 Å². The maximum absolute atomic E-state index is 13.3. The molecule has 37 heavy (non-hydrogen) atoms. The molecular weight excluding hydrogens is 476 g/mol. The summed E-state index contributed by atoms with van der Waals surface area (Å²) in [4.78, 5) is 44.7. The number of esters is 1. The van der Waals surface area contributed by atoms with E-state index in [-0.39, 0.29) is 11.2 Å². The van der Waals surface area contributed by atoms with Crippen molar-refractivity contribution in [3.05, 3.63) is 80.8 Å². The number of methoxy groups -OCH3 is 1. The Labute approximate surface area is 209 Å². The van der Waals surface area contributed by atoms with Gasteiger partial charge < -0.3 is 9.30 Å². The normalized spacial score (nSPS) is 11.2. The molecule has 12 nitrogen and oxygen atoms in total. The summed E-state index contributed by atoms with van der Waals surface area (Å²) in [6.45, 7) is 1.89. The zero-order valence-corrected chi connectivity index (χ0v) is 20.3. The number of fused-ring (bicyclic) bond motifs is 1. The highest BCUT2D eigenvalue weighted by atomic mass is 16.5. The summed E-state index contributed by atoms with van der Waals surface area (Å²) < 4.78 is 7.27. The average molecular weight is 501 g/mol. The number of tetrazole rings is 1. The van der Waals surface area contributed by atoms with Gasteiger partial charge in [-0.25, -0.2) is 14.3 Å². The van der Waals surface area contributed by atoms with Gasteiger partial charge in [0, 0.05) is 18.5 Å². The summed E-state index contributed by atoms with van der Waals surface area (Å²) >= 11 is 0. The molecule has 0 fully saturated rings. The lowest BCUT2D eigenvalue weighted by atomic mass is 9.98. The zero-order valence-electron chi connectivity index (χ0n) is 20.3. The minimum atomic E-state index is -0.708. The lowest BCUT2D eigenvalue weighted by Crippen LogP contribution is -2.38. The molecule has 0 saturated heterocycles. The van der Waals surface area contributed by atoms with Gasteiger partial charge >= 0.3 is 11.7 Å². The van der Waals surface area contributed by atoms with E-state index in [4.69, 9.17) is 0 Å². The number of benzene rings is 2. The number of carbonyl (C=O) groups excluding carboxylic acids is 1. The molecule has 0 aliphatic rings. The van der Waals surface area contributed by atoms with Gasteiger partial charge in [-0.3, -0.25) is 14.6 Å². The molecule has 5 rings (SSSR count). The summed E-state index contributed by atoms with van der Waals surface area (Å²) in [6, 6.07) is 15.7. The molecule has 3 heterocycles. The van der Waals surface area contributed by atoms with Gasteiger partial charge in [0.15, 0.2) is 11.2 Å². The van der Waals surface area contributed by atoms with Crippen LogP contribution in [0.1, 0.15) is 24.7 Å². The highest BCUT2D eigenvalue weighted by Gasteiger charge is 2.19. The molecule has 0 saturated carbocycles. The van der Waals surface area contributed by atoms with Crippen LogP contribution < -0.4 is 11.2 Å². The van der Waals surface area contributed by atoms with E-state index in [0.717, 1.165) is 33.2 Å². The number of aryl methyl sites for hydroxylation is 1. The molecule has 0 atom stereocenters. The number of imidazole rings is 1. The first-order valence-electron chi connectivity index (χ1n) is 11.7. The van der Waals surface area contributed by atoms with Crippen molar-refractivity contribution in [1.82, 2.24) is 39.7 Å². The van der Waals surface area contributed by atoms with E-state index in [9.17, 15) is 14.4 Å². The van der Waals surface area contributed by atoms with E-state index in [1.165, 1.54) is 7.11 Å². The Kier molecular flexibility index (Phi) is 6.45. The number of nitrogens with one attached hydrogen (secondary N) is 2. The number of hydrogen-bond donors (Lipinski definition) is 2. The van der Waals surface area contributed by atoms with Crippen LogP contribution in [0.2, 0.25) is 0 Å². The van der Waals surface area contributed by atoms with E-state index >= 15 is 0 Å². The molecule has 0 bridgehead atoms. The fourth-order valence-corrected chi connectivity index (χ4v) is 4.29. The first-order chi connectivity index (χ1) is 18.0. The molecule has 0 spiro atoms. The second-order valence-electron chi connectivity index (χ2n) is 8.44. The number of carbonyl (C=O) groups is 1. The van der Waals surface area contributed by atoms with E-state index in [0.29, 0.717) is 24.6 Å². The van der Waals surface area contributed by atoms with Gasteiger partial charge in [0.25, 0.3) is 5.56 Å². The second-order valence-corrected chi connectivity index (χ2v) is 8.44. The quantitative estimate of drug-likeness (QED) is 0.306. The molecule has 2 aromatic carbocycles. The summed E-state index contributed by atoms with van der Waals surface area (Å²) in [5, 5.41) is 14.3. The van der Waals surface area contributed by atoms with Crippen molar-refractivity contribution in [2.45, 2.75) is 32.9 Å². The highest BCUT2D eigenvalue weighted by molar-refractivity contribution is 5.80. The topological polar surface area (TPSA) is 153 Å². The van der Waals surface area contributed by atoms with E-state index in [2.05, 4.69) is 35.3 Å². The molecule has 5 aromatic rings. The van der Waals surface area contributed by atoms with Crippen molar-refractivity contribution in [2.24, 2.45) is 0 Å². The van der Waals surface area contributed by atoms with Gasteiger partial charge in [-0.15, -0.1) is 10.2 Å². The Hall–Kier alpha value is -4.87. The Balaban J connectivity index is 1.54. The van der Waals surface area contributed by atoms with Crippen LogP contribution in [0, 0.1) is 0 Å². The zero-order chi connectivity index (χ0) is 25.9. The molecule has 0 amide bonds. The van der Waals surface area contributed by atoms with Gasteiger partial charge in [0.05, 0.1) is 7.11 Å². The molecule has 0 radical (unpaired) electrons.